The summed E-state index contributed by atoms with van der Waals surface area (Å²) in [6, 6.07) is 5.30. The number of carbonyl (C=O) groups excluding carboxylic acids is 1. The zero-order valence-electron chi connectivity index (χ0n) is 11.6. The second-order valence-electron chi connectivity index (χ2n) is 4.35. The van der Waals surface area contributed by atoms with Gasteiger partial charge in [-0.2, -0.15) is 0 Å². The van der Waals surface area contributed by atoms with Crippen LogP contribution >= 0.6 is 0 Å². The zero-order chi connectivity index (χ0) is 15.1. The van der Waals surface area contributed by atoms with Crippen molar-refractivity contribution >= 4 is 11.7 Å². The van der Waals surface area contributed by atoms with Crippen LogP contribution in [0.2, 0.25) is 0 Å². The molecule has 0 spiro atoms. The number of benzene rings is 1. The molecule has 0 fully saturated rings. The molecule has 0 saturated heterocycles. The quantitative estimate of drug-likeness (QED) is 0.841. The highest BCUT2D eigenvalue weighted by atomic mass is 16.2. The van der Waals surface area contributed by atoms with Crippen LogP contribution in [0, 0.1) is 18.8 Å². The molecule has 0 aliphatic carbocycles. The number of carbonyl (C=O) groups is 1. The van der Waals surface area contributed by atoms with E-state index >= 15 is 0 Å². The van der Waals surface area contributed by atoms with Crippen molar-refractivity contribution in [2.45, 2.75) is 13.3 Å². The Hall–Kier alpha value is -2.71. The summed E-state index contributed by atoms with van der Waals surface area (Å²) in [5.74, 6) is 5.94. The summed E-state index contributed by atoms with van der Waals surface area (Å²) in [4.78, 5) is 20.0. The fourth-order valence-corrected chi connectivity index (χ4v) is 1.66. The van der Waals surface area contributed by atoms with Crippen molar-refractivity contribution < 1.29 is 9.90 Å². The smallest absolute Gasteiger partial charge is 0.256 e. The van der Waals surface area contributed by atoms with Gasteiger partial charge in [-0.05, 0) is 24.6 Å². The Labute approximate surface area is 123 Å². The van der Waals surface area contributed by atoms with Gasteiger partial charge >= 0.3 is 0 Å². The summed E-state index contributed by atoms with van der Waals surface area (Å²) in [5, 5.41) is 11.4. The minimum atomic E-state index is -0.263. The van der Waals surface area contributed by atoms with E-state index in [1.54, 1.807) is 12.1 Å². The number of rotatable bonds is 3. The van der Waals surface area contributed by atoms with Crippen molar-refractivity contribution in [3.05, 3.63) is 53.5 Å². The lowest BCUT2D eigenvalue weighted by Crippen LogP contribution is -2.13. The maximum Gasteiger partial charge on any atom is 0.256 e. The van der Waals surface area contributed by atoms with E-state index < -0.39 is 0 Å². The molecule has 5 nitrogen and oxygen atoms in total. The molecule has 0 radical (unpaired) electrons. The highest BCUT2D eigenvalue weighted by Crippen LogP contribution is 2.12. The SMILES string of the molecule is Cc1ccc(C(=O)Nc2cnccn2)cc1C#CCCO. The van der Waals surface area contributed by atoms with Crippen molar-refractivity contribution in [3.8, 4) is 11.8 Å². The molecular weight excluding hydrogens is 266 g/mol. The Morgan fingerprint density at radius 3 is 2.95 bits per heavy atom. The molecule has 0 aliphatic heterocycles. The van der Waals surface area contributed by atoms with Crippen LogP contribution in [0.25, 0.3) is 0 Å². The molecule has 1 aromatic heterocycles. The van der Waals surface area contributed by atoms with Gasteiger partial charge in [0.25, 0.3) is 5.91 Å². The van der Waals surface area contributed by atoms with Gasteiger partial charge in [0.2, 0.25) is 0 Å². The number of anilines is 1. The molecule has 2 N–H and O–H groups in total. The summed E-state index contributed by atoms with van der Waals surface area (Å²) in [5.41, 5.74) is 2.26. The third kappa shape index (κ3) is 4.13. The summed E-state index contributed by atoms with van der Waals surface area (Å²) in [7, 11) is 0. The Morgan fingerprint density at radius 2 is 2.24 bits per heavy atom. The van der Waals surface area contributed by atoms with E-state index in [0.29, 0.717) is 17.8 Å². The van der Waals surface area contributed by atoms with Crippen LogP contribution < -0.4 is 5.32 Å². The van der Waals surface area contributed by atoms with E-state index in [2.05, 4.69) is 27.1 Å². The topological polar surface area (TPSA) is 75.1 Å². The minimum absolute atomic E-state index is 0.0267. The molecule has 0 unspecified atom stereocenters. The molecule has 2 rings (SSSR count). The maximum atomic E-state index is 12.1. The number of aliphatic hydroxyl groups excluding tert-OH is 1. The molecule has 1 heterocycles. The highest BCUT2D eigenvalue weighted by Gasteiger charge is 2.08. The lowest BCUT2D eigenvalue weighted by Gasteiger charge is -2.05. The van der Waals surface area contributed by atoms with Crippen molar-refractivity contribution in [1.29, 1.82) is 0 Å². The lowest BCUT2D eigenvalue weighted by atomic mass is 10.0. The van der Waals surface area contributed by atoms with E-state index in [9.17, 15) is 4.79 Å². The van der Waals surface area contributed by atoms with Gasteiger partial charge in [-0.3, -0.25) is 9.78 Å². The van der Waals surface area contributed by atoms with Gasteiger partial charge in [0.15, 0.2) is 5.82 Å². The molecule has 5 heteroatoms. The average molecular weight is 281 g/mol. The number of nitrogens with zero attached hydrogens (tertiary/aromatic N) is 2. The summed E-state index contributed by atoms with van der Waals surface area (Å²) >= 11 is 0. The largest absolute Gasteiger partial charge is 0.395 e. The van der Waals surface area contributed by atoms with Crippen LogP contribution in [0.3, 0.4) is 0 Å². The van der Waals surface area contributed by atoms with E-state index in [1.807, 2.05) is 13.0 Å². The van der Waals surface area contributed by atoms with E-state index in [-0.39, 0.29) is 12.5 Å². The second kappa shape index (κ2) is 7.17. The van der Waals surface area contributed by atoms with Crippen LogP contribution in [0.1, 0.15) is 27.9 Å². The molecule has 0 aliphatic rings. The molecule has 1 amide bonds. The first kappa shape index (κ1) is 14.7. The Morgan fingerprint density at radius 1 is 1.38 bits per heavy atom. The van der Waals surface area contributed by atoms with Crippen molar-refractivity contribution in [1.82, 2.24) is 9.97 Å². The van der Waals surface area contributed by atoms with Crippen LogP contribution in [-0.2, 0) is 0 Å². The third-order valence-corrected chi connectivity index (χ3v) is 2.76. The number of hydrogen-bond donors (Lipinski definition) is 2. The highest BCUT2D eigenvalue weighted by molar-refractivity contribution is 6.03. The number of nitrogens with one attached hydrogen (secondary N) is 1. The standard InChI is InChI=1S/C16H15N3O2/c1-12-5-6-14(10-13(12)4-2-3-9-20)16(21)19-15-11-17-7-8-18-15/h5-8,10-11,20H,3,9H2,1H3,(H,18,19,21). The third-order valence-electron chi connectivity index (χ3n) is 2.76. The first-order chi connectivity index (χ1) is 10.2. The summed E-state index contributed by atoms with van der Waals surface area (Å²) < 4.78 is 0. The minimum Gasteiger partial charge on any atom is -0.395 e. The van der Waals surface area contributed by atoms with Gasteiger partial charge in [0, 0.05) is 29.9 Å². The number of aromatic nitrogens is 2. The van der Waals surface area contributed by atoms with E-state index in [1.165, 1.54) is 18.6 Å². The van der Waals surface area contributed by atoms with Crippen LogP contribution in [0.15, 0.2) is 36.8 Å². The molecule has 21 heavy (non-hydrogen) atoms. The molecule has 0 atom stereocenters. The monoisotopic (exact) mass is 281 g/mol. The maximum absolute atomic E-state index is 12.1. The van der Waals surface area contributed by atoms with Gasteiger partial charge in [0.1, 0.15) is 0 Å². The first-order valence-electron chi connectivity index (χ1n) is 6.48. The molecular formula is C16H15N3O2. The number of aryl methyl sites for hydroxylation is 1. The first-order valence-corrected chi connectivity index (χ1v) is 6.48. The Balaban J connectivity index is 2.19. The summed E-state index contributed by atoms with van der Waals surface area (Å²) in [6.07, 6.45) is 4.94. The van der Waals surface area contributed by atoms with E-state index in [0.717, 1.165) is 11.1 Å². The second-order valence-corrected chi connectivity index (χ2v) is 4.35. The molecule has 1 aromatic carbocycles. The Kier molecular flexibility index (Phi) is 5.02. The van der Waals surface area contributed by atoms with Gasteiger partial charge in [-0.25, -0.2) is 4.98 Å². The fraction of sp³-hybridized carbons (Fsp3) is 0.188. The predicted octanol–water partition coefficient (Wildman–Crippen LogP) is 1.77. The predicted molar refractivity (Wildman–Crippen MR) is 79.7 cm³/mol. The van der Waals surface area contributed by atoms with Gasteiger partial charge in [-0.1, -0.05) is 17.9 Å². The molecule has 0 saturated carbocycles. The van der Waals surface area contributed by atoms with Gasteiger partial charge in [-0.15, -0.1) is 0 Å². The van der Waals surface area contributed by atoms with Crippen molar-refractivity contribution in [2.24, 2.45) is 0 Å². The summed E-state index contributed by atoms with van der Waals surface area (Å²) in [6.45, 7) is 1.95. The molecule has 2 aromatic rings. The van der Waals surface area contributed by atoms with Crippen molar-refractivity contribution in [3.63, 3.8) is 0 Å². The van der Waals surface area contributed by atoms with Crippen molar-refractivity contribution in [2.75, 3.05) is 11.9 Å². The van der Waals surface area contributed by atoms with E-state index in [4.69, 9.17) is 5.11 Å². The molecule has 0 bridgehead atoms. The fourth-order valence-electron chi connectivity index (χ4n) is 1.66. The number of aliphatic hydroxyl groups is 1. The zero-order valence-corrected chi connectivity index (χ0v) is 11.6. The number of amides is 1. The average Bonchev–Trinajstić information content (AvgIpc) is 2.50. The van der Waals surface area contributed by atoms with Crippen LogP contribution in [0.4, 0.5) is 5.82 Å². The molecule has 106 valence electrons. The lowest BCUT2D eigenvalue weighted by molar-refractivity contribution is 0.102. The van der Waals surface area contributed by atoms with Gasteiger partial charge in [0.05, 0.1) is 12.8 Å². The normalized spacial score (nSPS) is 9.62. The van der Waals surface area contributed by atoms with Gasteiger partial charge < -0.3 is 10.4 Å². The Bertz CT molecular complexity index is 688. The van der Waals surface area contributed by atoms with Crippen LogP contribution in [-0.4, -0.2) is 27.6 Å². The van der Waals surface area contributed by atoms with Crippen LogP contribution in [0.5, 0.6) is 0 Å². The number of hydrogen-bond acceptors (Lipinski definition) is 4.